The molecule has 1 atom stereocenters. The van der Waals surface area contributed by atoms with Gasteiger partial charge in [-0.25, -0.2) is 13.8 Å². The fourth-order valence-electron chi connectivity index (χ4n) is 4.56. The number of rotatable bonds is 5. The minimum atomic E-state index is -4.13. The number of fused-ring (bicyclic) bond motifs is 2. The molecule has 1 aromatic carbocycles. The number of carbonyl (C=O) groups excluding carboxylic acids is 1. The van der Waals surface area contributed by atoms with Crippen LogP contribution in [0, 0.1) is 0 Å². The van der Waals surface area contributed by atoms with Crippen LogP contribution in [0.5, 0.6) is 0 Å². The summed E-state index contributed by atoms with van der Waals surface area (Å²) in [5.74, 6) is -1.92. The van der Waals surface area contributed by atoms with Crippen molar-refractivity contribution in [2.24, 2.45) is 10.9 Å². The van der Waals surface area contributed by atoms with Crippen LogP contribution in [-0.2, 0) is 28.0 Å². The Morgan fingerprint density at radius 3 is 2.68 bits per heavy atom. The molecule has 196 valence electrons. The van der Waals surface area contributed by atoms with Gasteiger partial charge in [-0.15, -0.1) is 11.3 Å². The van der Waals surface area contributed by atoms with E-state index in [9.17, 15) is 23.1 Å². The number of amidine groups is 1. The van der Waals surface area contributed by atoms with E-state index in [4.69, 9.17) is 10.9 Å². The summed E-state index contributed by atoms with van der Waals surface area (Å²) in [4.78, 5) is 34.1. The monoisotopic (exact) mass is 547 g/mol. The fraction of sp³-hybridized carbons (Fsp3) is 0.364. The summed E-state index contributed by atoms with van der Waals surface area (Å²) >= 11 is 1.26. The Morgan fingerprint density at radius 2 is 1.95 bits per heavy atom. The van der Waals surface area contributed by atoms with Gasteiger partial charge in [0.25, 0.3) is 5.91 Å². The second-order valence-electron chi connectivity index (χ2n) is 9.01. The van der Waals surface area contributed by atoms with Gasteiger partial charge < -0.3 is 25.8 Å². The molecule has 15 heteroatoms. The van der Waals surface area contributed by atoms with Crippen molar-refractivity contribution in [3.05, 3.63) is 51.7 Å². The van der Waals surface area contributed by atoms with Gasteiger partial charge in [0.2, 0.25) is 0 Å². The number of nitrogens with two attached hydrogens (primary N) is 1. The number of carbonyl (C=O) groups is 2. The number of aromatic nitrogens is 2. The SMILES string of the molecule is CN1CCc2nc(C(=O)N3CCN(S(=O)(=O)n4cc5ccc(C(N)=NO)cc5c4)CC3C(=O)O)sc2C1. The van der Waals surface area contributed by atoms with Crippen molar-refractivity contribution in [1.82, 2.24) is 23.1 Å². The molecule has 0 spiro atoms. The van der Waals surface area contributed by atoms with E-state index in [2.05, 4.69) is 15.0 Å². The van der Waals surface area contributed by atoms with Crippen LogP contribution >= 0.6 is 11.3 Å². The Kier molecular flexibility index (Phi) is 6.39. The van der Waals surface area contributed by atoms with Crippen LogP contribution in [-0.4, -0.2) is 98.8 Å². The molecule has 4 heterocycles. The van der Waals surface area contributed by atoms with E-state index < -0.39 is 34.7 Å². The normalized spacial score (nSPS) is 19.8. The van der Waals surface area contributed by atoms with Gasteiger partial charge in [-0.05, 0) is 13.1 Å². The molecule has 1 saturated heterocycles. The molecule has 0 bridgehead atoms. The van der Waals surface area contributed by atoms with Crippen molar-refractivity contribution in [1.29, 1.82) is 0 Å². The van der Waals surface area contributed by atoms with Crippen molar-refractivity contribution in [2.75, 3.05) is 33.2 Å². The lowest BCUT2D eigenvalue weighted by molar-refractivity contribution is -0.143. The molecule has 1 fully saturated rings. The van der Waals surface area contributed by atoms with Gasteiger partial charge in [0.15, 0.2) is 10.8 Å². The highest BCUT2D eigenvalue weighted by Crippen LogP contribution is 2.27. The largest absolute Gasteiger partial charge is 0.480 e. The van der Waals surface area contributed by atoms with Gasteiger partial charge in [-0.2, -0.15) is 12.7 Å². The lowest BCUT2D eigenvalue weighted by atomic mass is 10.1. The molecule has 2 aromatic heterocycles. The van der Waals surface area contributed by atoms with E-state index in [1.165, 1.54) is 28.6 Å². The van der Waals surface area contributed by atoms with E-state index in [1.54, 1.807) is 18.2 Å². The zero-order valence-electron chi connectivity index (χ0n) is 19.8. The Balaban J connectivity index is 1.38. The minimum Gasteiger partial charge on any atom is -0.480 e. The molecule has 0 radical (unpaired) electrons. The molecule has 13 nitrogen and oxygen atoms in total. The Bertz CT molecular complexity index is 1530. The van der Waals surface area contributed by atoms with Crippen molar-refractivity contribution in [2.45, 2.75) is 19.0 Å². The van der Waals surface area contributed by atoms with E-state index in [-0.39, 0.29) is 23.9 Å². The molecule has 3 aromatic rings. The molecular weight excluding hydrogens is 522 g/mol. The lowest BCUT2D eigenvalue weighted by Crippen LogP contribution is -2.59. The van der Waals surface area contributed by atoms with Crippen molar-refractivity contribution in [3.63, 3.8) is 0 Å². The molecule has 4 N–H and O–H groups in total. The maximum Gasteiger partial charge on any atom is 0.327 e. The zero-order valence-corrected chi connectivity index (χ0v) is 21.4. The first-order valence-electron chi connectivity index (χ1n) is 11.4. The highest BCUT2D eigenvalue weighted by molar-refractivity contribution is 7.87. The number of thiazole rings is 1. The van der Waals surface area contributed by atoms with E-state index in [1.807, 2.05) is 7.05 Å². The van der Waals surface area contributed by atoms with Gasteiger partial charge in [0.1, 0.15) is 6.04 Å². The second kappa shape index (κ2) is 9.41. The molecule has 0 aliphatic carbocycles. The molecule has 1 unspecified atom stereocenters. The number of amides is 1. The number of likely N-dealkylation sites (N-methyl/N-ethyl adjacent to an activating group) is 1. The molecule has 5 rings (SSSR count). The third-order valence-corrected chi connectivity index (χ3v) is 9.41. The molecule has 2 aliphatic rings. The number of benzene rings is 1. The number of oxime groups is 1. The maximum atomic E-state index is 13.4. The van der Waals surface area contributed by atoms with Crippen molar-refractivity contribution < 1.29 is 28.3 Å². The van der Waals surface area contributed by atoms with Crippen molar-refractivity contribution >= 4 is 50.0 Å². The van der Waals surface area contributed by atoms with Gasteiger partial charge in [-0.3, -0.25) is 4.79 Å². The van der Waals surface area contributed by atoms with Gasteiger partial charge >= 0.3 is 16.2 Å². The molecular formula is C22H25N7O6S2. The summed E-state index contributed by atoms with van der Waals surface area (Å²) in [6, 6.07) is 3.44. The summed E-state index contributed by atoms with van der Waals surface area (Å²) in [7, 11) is -2.15. The molecule has 0 saturated carbocycles. The van der Waals surface area contributed by atoms with Crippen LogP contribution in [0.1, 0.15) is 25.9 Å². The van der Waals surface area contributed by atoms with E-state index >= 15 is 0 Å². The first-order chi connectivity index (χ1) is 17.6. The molecule has 37 heavy (non-hydrogen) atoms. The van der Waals surface area contributed by atoms with Gasteiger partial charge in [0.05, 0.1) is 5.69 Å². The average Bonchev–Trinajstić information content (AvgIpc) is 3.51. The lowest BCUT2D eigenvalue weighted by Gasteiger charge is -2.38. The predicted octanol–water partition coefficient (Wildman–Crippen LogP) is 0.184. The maximum absolute atomic E-state index is 13.4. The summed E-state index contributed by atoms with van der Waals surface area (Å²) < 4.78 is 28.9. The average molecular weight is 548 g/mol. The first-order valence-corrected chi connectivity index (χ1v) is 13.6. The summed E-state index contributed by atoms with van der Waals surface area (Å²) in [6.45, 7) is 0.946. The van der Waals surface area contributed by atoms with Crippen LogP contribution in [0.3, 0.4) is 0 Å². The van der Waals surface area contributed by atoms with Crippen LogP contribution < -0.4 is 5.73 Å². The van der Waals surface area contributed by atoms with Gasteiger partial charge in [-0.1, -0.05) is 17.3 Å². The number of carboxylic acid groups (broad SMARTS) is 1. The van der Waals surface area contributed by atoms with E-state index in [0.717, 1.165) is 31.8 Å². The van der Waals surface area contributed by atoms with Crippen molar-refractivity contribution in [3.8, 4) is 0 Å². The standard InChI is InChI=1S/C22H25N7O6S2/c1-26-5-4-16-18(12-26)36-20(24-16)21(30)29-7-6-27(11-17(29)22(31)32)37(34,35)28-9-14-3-2-13(19(23)25-33)8-15(14)10-28/h2-3,8-10,17,33H,4-7,11-12H2,1H3,(H2,23,25)(H,31,32). The highest BCUT2D eigenvalue weighted by Gasteiger charge is 2.41. The number of aliphatic carboxylic acids is 1. The van der Waals surface area contributed by atoms with Crippen LogP contribution in [0.15, 0.2) is 35.7 Å². The molecule has 1 amide bonds. The zero-order chi connectivity index (χ0) is 26.5. The van der Waals surface area contributed by atoms with Crippen LogP contribution in [0.25, 0.3) is 10.8 Å². The Morgan fingerprint density at radius 1 is 1.19 bits per heavy atom. The third-order valence-electron chi connectivity index (χ3n) is 6.61. The topological polar surface area (TPSA) is 175 Å². The quantitative estimate of drug-likeness (QED) is 0.174. The number of hydrogen-bond acceptors (Lipinski definition) is 9. The smallest absolute Gasteiger partial charge is 0.327 e. The Labute approximate surface area is 216 Å². The number of carboxylic acids is 1. The fourth-order valence-corrected chi connectivity index (χ4v) is 7.10. The highest BCUT2D eigenvalue weighted by atomic mass is 32.2. The predicted molar refractivity (Wildman–Crippen MR) is 135 cm³/mol. The van der Waals surface area contributed by atoms with E-state index in [0.29, 0.717) is 22.9 Å². The number of hydrogen-bond donors (Lipinski definition) is 3. The van der Waals surface area contributed by atoms with Gasteiger partial charge in [0, 0.05) is 72.8 Å². The number of nitrogens with zero attached hydrogens (tertiary/aromatic N) is 6. The first kappa shape index (κ1) is 25.1. The second-order valence-corrected chi connectivity index (χ2v) is 11.9. The number of piperazine rings is 1. The summed E-state index contributed by atoms with van der Waals surface area (Å²) in [6.07, 6.45) is 3.50. The summed E-state index contributed by atoms with van der Waals surface area (Å²) in [5, 5.41) is 23.1. The third kappa shape index (κ3) is 4.54. The molecule has 2 aliphatic heterocycles. The Hall–Kier alpha value is -3.53. The summed E-state index contributed by atoms with van der Waals surface area (Å²) in [5.41, 5.74) is 6.90. The minimum absolute atomic E-state index is 0.0738. The van der Waals surface area contributed by atoms with Crippen LogP contribution in [0.4, 0.5) is 0 Å². The van der Waals surface area contributed by atoms with Crippen LogP contribution in [0.2, 0.25) is 0 Å².